The van der Waals surface area contributed by atoms with Gasteiger partial charge in [0.2, 0.25) is 0 Å². The number of phenolic OH excluding ortho intramolecular Hbond substituents is 1. The summed E-state index contributed by atoms with van der Waals surface area (Å²) in [6.07, 6.45) is -0.0689. The molecule has 0 amide bonds. The molecule has 1 aromatic carbocycles. The summed E-state index contributed by atoms with van der Waals surface area (Å²) in [6, 6.07) is 10.9. The van der Waals surface area contributed by atoms with Crippen molar-refractivity contribution in [2.45, 2.75) is 6.18 Å². The van der Waals surface area contributed by atoms with E-state index in [0.29, 0.717) is 11.3 Å². The van der Waals surface area contributed by atoms with E-state index in [1.165, 1.54) is 0 Å². The van der Waals surface area contributed by atoms with E-state index < -0.39 is 12.1 Å². The molecule has 0 spiro atoms. The summed E-state index contributed by atoms with van der Waals surface area (Å²) in [4.78, 5) is 12.9. The summed E-state index contributed by atoms with van der Waals surface area (Å²) in [5, 5.41) is 20.6. The molecular weight excluding hydrogens is 341 g/mol. The molecule has 25 heavy (non-hydrogen) atoms. The molecule has 0 radical (unpaired) electrons. The number of aliphatic carboxylic acids is 1. The van der Waals surface area contributed by atoms with Crippen molar-refractivity contribution in [2.24, 2.45) is 0 Å². The van der Waals surface area contributed by atoms with Crippen molar-refractivity contribution in [1.82, 2.24) is 10.1 Å². The number of halogens is 3. The molecule has 0 unspecified atom stereocenters. The average molecular weight is 352 g/mol. The topological polar surface area (TPSA) is 96.5 Å². The number of phenols is 1. The normalized spacial score (nSPS) is 10.7. The molecule has 0 aliphatic rings. The minimum Gasteiger partial charge on any atom is -0.507 e. The Hall–Kier alpha value is -3.36. The number of nitrogens with zero attached hydrogens (tertiary/aromatic N) is 2. The van der Waals surface area contributed by atoms with Gasteiger partial charge in [0.1, 0.15) is 5.75 Å². The standard InChI is InChI=1S/C14H10N2O2.C2HF3O2/c17-13-2-1-11(10-3-6-15-7-4-10)9-12(13)14-5-8-16-18-14;3-2(4,5)1(6)7/h1-9,17H;(H,6,7). The molecule has 2 N–H and O–H groups in total. The predicted octanol–water partition coefficient (Wildman–Crippen LogP) is 3.74. The van der Waals surface area contributed by atoms with Crippen molar-refractivity contribution in [3.8, 4) is 28.2 Å². The van der Waals surface area contributed by atoms with Crippen LogP contribution in [0.1, 0.15) is 0 Å². The van der Waals surface area contributed by atoms with E-state index in [0.717, 1.165) is 11.1 Å². The van der Waals surface area contributed by atoms with Crippen molar-refractivity contribution < 1.29 is 32.7 Å². The zero-order valence-electron chi connectivity index (χ0n) is 12.4. The first-order chi connectivity index (χ1) is 11.8. The van der Waals surface area contributed by atoms with Crippen LogP contribution in [0.15, 0.2) is 59.5 Å². The maximum atomic E-state index is 10.6. The first-order valence-electron chi connectivity index (χ1n) is 6.73. The van der Waals surface area contributed by atoms with Gasteiger partial charge in [0.05, 0.1) is 11.8 Å². The lowest BCUT2D eigenvalue weighted by atomic mass is 10.0. The van der Waals surface area contributed by atoms with Crippen LogP contribution in [-0.4, -0.2) is 32.5 Å². The van der Waals surface area contributed by atoms with Crippen LogP contribution in [0.4, 0.5) is 13.2 Å². The molecule has 0 fully saturated rings. The molecule has 0 saturated carbocycles. The number of rotatable bonds is 2. The molecule has 130 valence electrons. The van der Waals surface area contributed by atoms with Crippen LogP contribution in [0.5, 0.6) is 5.75 Å². The molecule has 0 atom stereocenters. The third-order valence-electron chi connectivity index (χ3n) is 2.96. The van der Waals surface area contributed by atoms with Crippen LogP contribution in [0.2, 0.25) is 0 Å². The van der Waals surface area contributed by atoms with Gasteiger partial charge in [-0.1, -0.05) is 11.2 Å². The third kappa shape index (κ3) is 4.80. The van der Waals surface area contributed by atoms with Crippen LogP contribution in [0, 0.1) is 0 Å². The Morgan fingerprint density at radius 2 is 1.64 bits per heavy atom. The zero-order chi connectivity index (χ0) is 18.4. The number of aromatic hydroxyl groups is 1. The molecule has 2 heterocycles. The number of carboxylic acids is 1. The Morgan fingerprint density at radius 3 is 2.16 bits per heavy atom. The highest BCUT2D eigenvalue weighted by Crippen LogP contribution is 2.33. The van der Waals surface area contributed by atoms with Gasteiger partial charge in [-0.05, 0) is 35.4 Å². The van der Waals surface area contributed by atoms with Gasteiger partial charge in [-0.2, -0.15) is 13.2 Å². The van der Waals surface area contributed by atoms with Gasteiger partial charge >= 0.3 is 12.1 Å². The number of aromatic nitrogens is 2. The van der Waals surface area contributed by atoms with Gasteiger partial charge in [-0.15, -0.1) is 0 Å². The number of benzene rings is 1. The van der Waals surface area contributed by atoms with Gasteiger partial charge in [0, 0.05) is 18.5 Å². The lowest BCUT2D eigenvalue weighted by molar-refractivity contribution is -0.192. The van der Waals surface area contributed by atoms with Gasteiger partial charge in [0.15, 0.2) is 5.76 Å². The van der Waals surface area contributed by atoms with Crippen molar-refractivity contribution >= 4 is 5.97 Å². The number of carbonyl (C=O) groups is 1. The van der Waals surface area contributed by atoms with Crippen molar-refractivity contribution in [3.63, 3.8) is 0 Å². The highest BCUT2D eigenvalue weighted by Gasteiger charge is 2.38. The summed E-state index contributed by atoms with van der Waals surface area (Å²) >= 11 is 0. The SMILES string of the molecule is O=C(O)C(F)(F)F.Oc1ccc(-c2ccncc2)cc1-c1ccno1. The monoisotopic (exact) mass is 352 g/mol. The maximum Gasteiger partial charge on any atom is 0.490 e. The lowest BCUT2D eigenvalue weighted by Crippen LogP contribution is -2.21. The smallest absolute Gasteiger partial charge is 0.490 e. The van der Waals surface area contributed by atoms with E-state index in [4.69, 9.17) is 14.4 Å². The number of alkyl halides is 3. The number of carboxylic acid groups (broad SMARTS) is 1. The molecule has 0 aliphatic carbocycles. The molecular formula is C16H11F3N2O4. The van der Waals surface area contributed by atoms with E-state index in [9.17, 15) is 18.3 Å². The molecule has 0 saturated heterocycles. The van der Waals surface area contributed by atoms with Gasteiger partial charge in [0.25, 0.3) is 0 Å². The highest BCUT2D eigenvalue weighted by atomic mass is 19.4. The molecule has 6 nitrogen and oxygen atoms in total. The third-order valence-corrected chi connectivity index (χ3v) is 2.96. The fraction of sp³-hybridized carbons (Fsp3) is 0.0625. The summed E-state index contributed by atoms with van der Waals surface area (Å²) in [5.74, 6) is -2.04. The molecule has 9 heteroatoms. The van der Waals surface area contributed by atoms with E-state index in [1.807, 2.05) is 24.3 Å². The van der Waals surface area contributed by atoms with Gasteiger partial charge < -0.3 is 14.7 Å². The van der Waals surface area contributed by atoms with Crippen LogP contribution >= 0.6 is 0 Å². The number of hydrogen-bond donors (Lipinski definition) is 2. The summed E-state index contributed by atoms with van der Waals surface area (Å²) in [7, 11) is 0. The minimum atomic E-state index is -5.08. The van der Waals surface area contributed by atoms with E-state index in [1.54, 1.807) is 30.7 Å². The second-order valence-corrected chi connectivity index (χ2v) is 4.65. The van der Waals surface area contributed by atoms with Gasteiger partial charge in [-0.25, -0.2) is 4.79 Å². The second kappa shape index (κ2) is 7.47. The Bertz CT molecular complexity index is 834. The molecule has 3 rings (SSSR count). The van der Waals surface area contributed by atoms with Crippen LogP contribution < -0.4 is 0 Å². The maximum absolute atomic E-state index is 10.6. The first-order valence-corrected chi connectivity index (χ1v) is 6.73. The molecule has 3 aromatic rings. The average Bonchev–Trinajstić information content (AvgIpc) is 3.10. The highest BCUT2D eigenvalue weighted by molar-refractivity contribution is 5.74. The van der Waals surface area contributed by atoms with Crippen molar-refractivity contribution in [2.75, 3.05) is 0 Å². The van der Waals surface area contributed by atoms with Crippen LogP contribution in [0.3, 0.4) is 0 Å². The Morgan fingerprint density at radius 1 is 1.00 bits per heavy atom. The first kappa shape index (κ1) is 18.0. The Labute approximate surface area is 139 Å². The Balaban J connectivity index is 0.000000277. The zero-order valence-corrected chi connectivity index (χ0v) is 12.4. The fourth-order valence-corrected chi connectivity index (χ4v) is 1.81. The van der Waals surface area contributed by atoms with Crippen LogP contribution in [-0.2, 0) is 4.79 Å². The largest absolute Gasteiger partial charge is 0.507 e. The Kier molecular flexibility index (Phi) is 5.38. The lowest BCUT2D eigenvalue weighted by Gasteiger charge is -2.05. The molecule has 2 aromatic heterocycles. The fourth-order valence-electron chi connectivity index (χ4n) is 1.81. The van der Waals surface area contributed by atoms with Crippen LogP contribution in [0.25, 0.3) is 22.5 Å². The summed E-state index contributed by atoms with van der Waals surface area (Å²) in [5.41, 5.74) is 2.65. The van der Waals surface area contributed by atoms with E-state index in [2.05, 4.69) is 10.1 Å². The number of pyridine rings is 1. The quantitative estimate of drug-likeness (QED) is 0.729. The van der Waals surface area contributed by atoms with Crippen molar-refractivity contribution in [1.29, 1.82) is 0 Å². The van der Waals surface area contributed by atoms with Crippen molar-refractivity contribution in [3.05, 3.63) is 55.0 Å². The molecule has 0 bridgehead atoms. The second-order valence-electron chi connectivity index (χ2n) is 4.65. The van der Waals surface area contributed by atoms with E-state index in [-0.39, 0.29) is 5.75 Å². The van der Waals surface area contributed by atoms with E-state index >= 15 is 0 Å². The molecule has 0 aliphatic heterocycles. The summed E-state index contributed by atoms with van der Waals surface area (Å²) < 4.78 is 36.8. The summed E-state index contributed by atoms with van der Waals surface area (Å²) in [6.45, 7) is 0. The van der Waals surface area contributed by atoms with Gasteiger partial charge in [-0.3, -0.25) is 4.98 Å². The minimum absolute atomic E-state index is 0.171. The number of hydrogen-bond acceptors (Lipinski definition) is 5. The predicted molar refractivity (Wildman–Crippen MR) is 80.5 cm³/mol.